The lowest BCUT2D eigenvalue weighted by Gasteiger charge is -2.20. The van der Waals surface area contributed by atoms with Gasteiger partial charge in [0.15, 0.2) is 0 Å². The first kappa shape index (κ1) is 9.00. The van der Waals surface area contributed by atoms with Gasteiger partial charge in [-0.05, 0) is 19.1 Å². The van der Waals surface area contributed by atoms with Crippen molar-refractivity contribution in [2.45, 2.75) is 13.0 Å². The fraction of sp³-hybridized carbons (Fsp3) is 0.444. The van der Waals surface area contributed by atoms with Gasteiger partial charge in [0, 0.05) is 25.8 Å². The van der Waals surface area contributed by atoms with Crippen molar-refractivity contribution < 1.29 is 0 Å². The predicted molar refractivity (Wildman–Crippen MR) is 51.2 cm³/mol. The summed E-state index contributed by atoms with van der Waals surface area (Å²) in [4.78, 5) is 6.13. The number of nitrogens with zero attached hydrogens (tertiary/aromatic N) is 2. The summed E-state index contributed by atoms with van der Waals surface area (Å²) in [6, 6.07) is 4.14. The Balaban J connectivity index is 2.59. The van der Waals surface area contributed by atoms with E-state index in [-0.39, 0.29) is 6.04 Å². The van der Waals surface area contributed by atoms with E-state index in [1.807, 2.05) is 32.3 Å². The van der Waals surface area contributed by atoms with Crippen LogP contribution in [0, 0.1) is 0 Å². The minimum atomic E-state index is 0.190. The van der Waals surface area contributed by atoms with E-state index >= 15 is 0 Å². The second kappa shape index (κ2) is 4.07. The third-order valence-electron chi connectivity index (χ3n) is 1.65. The molecule has 1 aromatic heterocycles. The molecule has 1 rings (SSSR count). The van der Waals surface area contributed by atoms with Gasteiger partial charge in [-0.15, -0.1) is 0 Å². The first-order valence-electron chi connectivity index (χ1n) is 4.07. The number of aromatic nitrogens is 1. The summed E-state index contributed by atoms with van der Waals surface area (Å²) >= 11 is 0. The van der Waals surface area contributed by atoms with E-state index in [2.05, 4.69) is 9.88 Å². The van der Waals surface area contributed by atoms with Gasteiger partial charge >= 0.3 is 0 Å². The molecule has 0 aliphatic carbocycles. The maximum atomic E-state index is 5.67. The fourth-order valence-electron chi connectivity index (χ4n) is 1.12. The van der Waals surface area contributed by atoms with E-state index < -0.39 is 0 Å². The Morgan fingerprint density at radius 2 is 2.42 bits per heavy atom. The van der Waals surface area contributed by atoms with Crippen LogP contribution in [0.1, 0.15) is 6.92 Å². The first-order chi connectivity index (χ1) is 5.70. The van der Waals surface area contributed by atoms with E-state index in [1.54, 1.807) is 6.20 Å². The highest BCUT2D eigenvalue weighted by Crippen LogP contribution is 2.08. The van der Waals surface area contributed by atoms with Gasteiger partial charge in [0.05, 0.1) is 11.9 Å². The standard InChI is InChI=1S/C9H15N3/c1-8(10)7-12(2)9-4-3-5-11-6-9/h3-6,8H,7,10H2,1-2H3. The molecule has 0 amide bonds. The largest absolute Gasteiger partial charge is 0.372 e. The Morgan fingerprint density at radius 1 is 1.67 bits per heavy atom. The van der Waals surface area contributed by atoms with Crippen LogP contribution in [0.5, 0.6) is 0 Å². The molecular weight excluding hydrogens is 150 g/mol. The van der Waals surface area contributed by atoms with Crippen LogP contribution in [-0.2, 0) is 0 Å². The maximum absolute atomic E-state index is 5.67. The van der Waals surface area contributed by atoms with Crippen molar-refractivity contribution in [2.24, 2.45) is 5.73 Å². The van der Waals surface area contributed by atoms with Crippen molar-refractivity contribution in [3.63, 3.8) is 0 Å². The molecule has 0 saturated carbocycles. The van der Waals surface area contributed by atoms with Gasteiger partial charge in [0.25, 0.3) is 0 Å². The van der Waals surface area contributed by atoms with Crippen molar-refractivity contribution in [3.8, 4) is 0 Å². The molecule has 1 atom stereocenters. The zero-order valence-corrected chi connectivity index (χ0v) is 7.57. The molecule has 1 aromatic rings. The molecule has 0 aromatic carbocycles. The molecule has 0 aliphatic heterocycles. The molecule has 0 saturated heterocycles. The topological polar surface area (TPSA) is 42.1 Å². The average molecular weight is 165 g/mol. The number of hydrogen-bond acceptors (Lipinski definition) is 3. The second-order valence-corrected chi connectivity index (χ2v) is 3.07. The SMILES string of the molecule is CC(N)CN(C)c1cccnc1. The molecule has 0 fully saturated rings. The molecule has 3 heteroatoms. The Hall–Kier alpha value is -1.09. The summed E-state index contributed by atoms with van der Waals surface area (Å²) in [5.74, 6) is 0. The number of pyridine rings is 1. The lowest BCUT2D eigenvalue weighted by Crippen LogP contribution is -2.32. The predicted octanol–water partition coefficient (Wildman–Crippen LogP) is 0.865. The van der Waals surface area contributed by atoms with E-state index in [4.69, 9.17) is 5.73 Å². The van der Waals surface area contributed by atoms with Crippen molar-refractivity contribution in [1.82, 2.24) is 4.98 Å². The summed E-state index contributed by atoms with van der Waals surface area (Å²) < 4.78 is 0. The zero-order valence-electron chi connectivity index (χ0n) is 7.57. The number of nitrogens with two attached hydrogens (primary N) is 1. The Bertz CT molecular complexity index is 220. The first-order valence-corrected chi connectivity index (χ1v) is 4.07. The second-order valence-electron chi connectivity index (χ2n) is 3.07. The number of hydrogen-bond donors (Lipinski definition) is 1. The molecule has 0 radical (unpaired) electrons. The summed E-state index contributed by atoms with van der Waals surface area (Å²) in [6.45, 7) is 2.85. The molecule has 0 aliphatic rings. The molecule has 1 heterocycles. The van der Waals surface area contributed by atoms with Crippen LogP contribution in [0.2, 0.25) is 0 Å². The van der Waals surface area contributed by atoms with E-state index in [0.29, 0.717) is 0 Å². The highest BCUT2D eigenvalue weighted by atomic mass is 15.1. The van der Waals surface area contributed by atoms with Crippen molar-refractivity contribution in [1.29, 1.82) is 0 Å². The molecule has 0 spiro atoms. The highest BCUT2D eigenvalue weighted by Gasteiger charge is 2.01. The fourth-order valence-corrected chi connectivity index (χ4v) is 1.12. The van der Waals surface area contributed by atoms with Crippen molar-refractivity contribution in [3.05, 3.63) is 24.5 Å². The average Bonchev–Trinajstić information content (AvgIpc) is 2.05. The molecule has 1 unspecified atom stereocenters. The minimum absolute atomic E-state index is 0.190. The van der Waals surface area contributed by atoms with Gasteiger partial charge in [-0.1, -0.05) is 0 Å². The molecule has 2 N–H and O–H groups in total. The monoisotopic (exact) mass is 165 g/mol. The van der Waals surface area contributed by atoms with Crippen LogP contribution in [0.25, 0.3) is 0 Å². The smallest absolute Gasteiger partial charge is 0.0550 e. The summed E-state index contributed by atoms with van der Waals surface area (Å²) in [6.07, 6.45) is 3.60. The third-order valence-corrected chi connectivity index (χ3v) is 1.65. The summed E-state index contributed by atoms with van der Waals surface area (Å²) in [5, 5.41) is 0. The molecule has 12 heavy (non-hydrogen) atoms. The van der Waals surface area contributed by atoms with Crippen molar-refractivity contribution >= 4 is 5.69 Å². The zero-order chi connectivity index (χ0) is 8.97. The van der Waals surface area contributed by atoms with Crippen LogP contribution >= 0.6 is 0 Å². The van der Waals surface area contributed by atoms with E-state index in [9.17, 15) is 0 Å². The molecular formula is C9H15N3. The number of likely N-dealkylation sites (N-methyl/N-ethyl adjacent to an activating group) is 1. The minimum Gasteiger partial charge on any atom is -0.372 e. The van der Waals surface area contributed by atoms with Gasteiger partial charge < -0.3 is 10.6 Å². The lowest BCUT2D eigenvalue weighted by atomic mass is 10.3. The quantitative estimate of drug-likeness (QED) is 0.722. The van der Waals surface area contributed by atoms with Gasteiger partial charge in [-0.2, -0.15) is 0 Å². The molecule has 0 bridgehead atoms. The third kappa shape index (κ3) is 2.51. The number of rotatable bonds is 3. The normalized spacial score (nSPS) is 12.6. The number of anilines is 1. The van der Waals surface area contributed by atoms with Crippen LogP contribution in [0.15, 0.2) is 24.5 Å². The summed E-state index contributed by atoms with van der Waals surface area (Å²) in [5.41, 5.74) is 6.77. The van der Waals surface area contributed by atoms with Crippen LogP contribution in [0.3, 0.4) is 0 Å². The highest BCUT2D eigenvalue weighted by molar-refractivity contribution is 5.42. The van der Waals surface area contributed by atoms with E-state index in [1.165, 1.54) is 0 Å². The van der Waals surface area contributed by atoms with Gasteiger partial charge in [0.1, 0.15) is 0 Å². The molecule has 3 nitrogen and oxygen atoms in total. The Kier molecular flexibility index (Phi) is 3.05. The van der Waals surface area contributed by atoms with Crippen LogP contribution in [-0.4, -0.2) is 24.6 Å². The van der Waals surface area contributed by atoms with Gasteiger partial charge in [0.2, 0.25) is 0 Å². The Morgan fingerprint density at radius 3 is 2.92 bits per heavy atom. The maximum Gasteiger partial charge on any atom is 0.0550 e. The van der Waals surface area contributed by atoms with Crippen LogP contribution in [0.4, 0.5) is 5.69 Å². The van der Waals surface area contributed by atoms with E-state index in [0.717, 1.165) is 12.2 Å². The molecule has 66 valence electrons. The van der Waals surface area contributed by atoms with Gasteiger partial charge in [-0.25, -0.2) is 0 Å². The van der Waals surface area contributed by atoms with Crippen LogP contribution < -0.4 is 10.6 Å². The van der Waals surface area contributed by atoms with Crippen molar-refractivity contribution in [2.75, 3.05) is 18.5 Å². The Labute approximate surface area is 73.2 Å². The lowest BCUT2D eigenvalue weighted by molar-refractivity contribution is 0.717. The van der Waals surface area contributed by atoms with Gasteiger partial charge in [-0.3, -0.25) is 4.98 Å². The summed E-state index contributed by atoms with van der Waals surface area (Å²) in [7, 11) is 2.01.